The Hall–Kier alpha value is -10.5. The van der Waals surface area contributed by atoms with Gasteiger partial charge < -0.3 is 9.80 Å². The summed E-state index contributed by atoms with van der Waals surface area (Å²) in [7, 11) is 0. The summed E-state index contributed by atoms with van der Waals surface area (Å²) >= 11 is 0. The molecule has 16 rings (SSSR count). The van der Waals surface area contributed by atoms with Crippen molar-refractivity contribution in [3.05, 3.63) is 358 Å². The summed E-state index contributed by atoms with van der Waals surface area (Å²) in [6, 6.07) is 112. The zero-order valence-electron chi connectivity index (χ0n) is 59.5. The largest absolute Gasteiger partial charge is 0.309 e. The van der Waals surface area contributed by atoms with Crippen molar-refractivity contribution in [3.63, 3.8) is 0 Å². The van der Waals surface area contributed by atoms with Crippen LogP contribution in [0.1, 0.15) is 162 Å². The molecule has 0 radical (unpaired) electrons. The number of nitrogens with zero attached hydrogens (tertiary/aromatic N) is 2. The molecule has 0 aromatic heterocycles. The third-order valence-corrected chi connectivity index (χ3v) is 21.5. The highest BCUT2D eigenvalue weighted by Gasteiger charge is 2.44. The predicted molar refractivity (Wildman–Crippen MR) is 421 cm³/mol. The molecule has 2 nitrogen and oxygen atoms in total. The number of hydrogen-bond donors (Lipinski definition) is 0. The molecule has 0 N–H and O–H groups in total. The van der Waals surface area contributed by atoms with Crippen molar-refractivity contribution >= 4 is 34.1 Å². The lowest BCUT2D eigenvalue weighted by atomic mass is 9.71. The third-order valence-electron chi connectivity index (χ3n) is 21.5. The molecule has 486 valence electrons. The van der Waals surface area contributed by atoms with Crippen LogP contribution in [0.25, 0.3) is 66.8 Å². The Bertz CT molecular complexity index is 4930. The van der Waals surface area contributed by atoms with Gasteiger partial charge >= 0.3 is 0 Å². The minimum atomic E-state index is -0.238. The van der Waals surface area contributed by atoms with Gasteiger partial charge in [-0.05, 0) is 206 Å². The molecular formula is C97H88N2. The monoisotopic (exact) mass is 1280 g/mol. The number of rotatable bonds is 9. The van der Waals surface area contributed by atoms with Crippen LogP contribution < -0.4 is 9.80 Å². The van der Waals surface area contributed by atoms with E-state index in [9.17, 15) is 0 Å². The minimum Gasteiger partial charge on any atom is -0.309 e. The van der Waals surface area contributed by atoms with E-state index in [2.05, 4.69) is 384 Å². The SMILES string of the molecule is CC(C)(C)c1ccc(-c2ccc3c(c2)C2c4cc(-c5ccc(C(C)(C)C)cc5-c5ccccc5)ccc4N(c4ccc(C(C)(C)C)cc4-c4ccccc4)c4cc(C5c6ccccc6Cc6ccccc65)cc(c42)N3c2ccc(C(C)(C)C)cc2-c2ccccc2)c(-c2ccccc2)c1. The lowest BCUT2D eigenvalue weighted by Crippen LogP contribution is -2.30. The summed E-state index contributed by atoms with van der Waals surface area (Å²) in [5.74, 6) is -0.297. The fourth-order valence-corrected chi connectivity index (χ4v) is 16.1. The molecule has 1 aliphatic carbocycles. The second kappa shape index (κ2) is 24.2. The van der Waals surface area contributed by atoms with Crippen LogP contribution in [0.5, 0.6) is 0 Å². The van der Waals surface area contributed by atoms with E-state index in [1.165, 1.54) is 156 Å². The van der Waals surface area contributed by atoms with Crippen LogP contribution >= 0.6 is 0 Å². The van der Waals surface area contributed by atoms with Crippen LogP contribution in [-0.2, 0) is 28.1 Å². The van der Waals surface area contributed by atoms with E-state index in [0.717, 1.165) is 17.8 Å². The maximum Gasteiger partial charge on any atom is 0.0540 e. The van der Waals surface area contributed by atoms with Gasteiger partial charge in [-0.25, -0.2) is 0 Å². The molecule has 2 heterocycles. The molecular weight excluding hydrogens is 1190 g/mol. The predicted octanol–water partition coefficient (Wildman–Crippen LogP) is 26.7. The van der Waals surface area contributed by atoms with E-state index >= 15 is 0 Å². The fourth-order valence-electron chi connectivity index (χ4n) is 16.1. The molecule has 13 aromatic carbocycles. The molecule has 0 amide bonds. The fraction of sp³-hybridized carbons (Fsp3) is 0.196. The van der Waals surface area contributed by atoms with Gasteiger partial charge in [-0.1, -0.05) is 314 Å². The Morgan fingerprint density at radius 1 is 0.232 bits per heavy atom. The number of anilines is 6. The molecule has 0 bridgehead atoms. The minimum absolute atomic E-state index is 0.0592. The van der Waals surface area contributed by atoms with Crippen molar-refractivity contribution < 1.29 is 0 Å². The highest BCUT2D eigenvalue weighted by atomic mass is 15.2. The van der Waals surface area contributed by atoms with Gasteiger partial charge in [-0.3, -0.25) is 0 Å². The highest BCUT2D eigenvalue weighted by Crippen LogP contribution is 2.64. The summed E-state index contributed by atoms with van der Waals surface area (Å²) in [6.07, 6.45) is 0.892. The van der Waals surface area contributed by atoms with Crippen LogP contribution in [0.3, 0.4) is 0 Å². The van der Waals surface area contributed by atoms with Crippen LogP contribution in [0.2, 0.25) is 0 Å². The van der Waals surface area contributed by atoms with Gasteiger partial charge in [0.2, 0.25) is 0 Å². The molecule has 0 unspecified atom stereocenters. The summed E-state index contributed by atoms with van der Waals surface area (Å²) in [4.78, 5) is 5.39. The molecule has 2 heteroatoms. The van der Waals surface area contributed by atoms with Gasteiger partial charge in [0.25, 0.3) is 0 Å². The molecule has 99 heavy (non-hydrogen) atoms. The van der Waals surface area contributed by atoms with Crippen molar-refractivity contribution in [1.29, 1.82) is 0 Å². The summed E-state index contributed by atoms with van der Waals surface area (Å²) < 4.78 is 0. The van der Waals surface area contributed by atoms with Crippen molar-refractivity contribution in [3.8, 4) is 66.8 Å². The van der Waals surface area contributed by atoms with Gasteiger partial charge in [-0.2, -0.15) is 0 Å². The Labute approximate surface area is 588 Å². The quantitative estimate of drug-likeness (QED) is 0.142. The molecule has 0 atom stereocenters. The van der Waals surface area contributed by atoms with Gasteiger partial charge in [0.05, 0.1) is 34.1 Å². The molecule has 0 saturated heterocycles. The Morgan fingerprint density at radius 2 is 0.545 bits per heavy atom. The first-order valence-corrected chi connectivity index (χ1v) is 35.7. The van der Waals surface area contributed by atoms with Gasteiger partial charge in [-0.15, -0.1) is 0 Å². The smallest absolute Gasteiger partial charge is 0.0540 e. The van der Waals surface area contributed by atoms with Crippen LogP contribution in [0, 0.1) is 0 Å². The second-order valence-corrected chi connectivity index (χ2v) is 32.1. The van der Waals surface area contributed by atoms with E-state index in [1.807, 2.05) is 0 Å². The Balaban J connectivity index is 1.08. The molecule has 0 saturated carbocycles. The molecule has 0 fully saturated rings. The zero-order chi connectivity index (χ0) is 68.3. The standard InChI is InChI=1S/C97H88N2/c1-94(2,3)71-43-47-75(79(58-71)62-29-17-13-18-30-62)68-41-49-87-83(54-68)92-84-55-69(76-48-44-72(95(4,5)6)59-80(76)63-31-19-14-20-32-63)42-50-88(84)99(86-52-46-74(97(10,11)12)61-82(86)65-35-23-16-24-36-65)90-57-70(91-77-39-27-25-37-66(77)53-67-38-26-28-40-78(67)91)56-89(93(90)92)98(87)85-51-45-73(96(7,8)9)60-81(85)64-33-21-15-22-34-64/h13-52,54-61,91-92H,53H2,1-12H3. The lowest BCUT2D eigenvalue weighted by Gasteiger charge is -2.47. The van der Waals surface area contributed by atoms with E-state index in [-0.39, 0.29) is 33.5 Å². The Morgan fingerprint density at radius 3 is 0.909 bits per heavy atom. The number of hydrogen-bond acceptors (Lipinski definition) is 2. The third kappa shape index (κ3) is 11.3. The van der Waals surface area contributed by atoms with Crippen LogP contribution in [-0.4, -0.2) is 0 Å². The number of fused-ring (bicyclic) bond motifs is 6. The summed E-state index contributed by atoms with van der Waals surface area (Å²) in [6.45, 7) is 28.0. The van der Waals surface area contributed by atoms with Crippen LogP contribution in [0.4, 0.5) is 34.1 Å². The van der Waals surface area contributed by atoms with Gasteiger partial charge in [0, 0.05) is 28.5 Å². The average molecular weight is 1280 g/mol. The first-order chi connectivity index (χ1) is 47.6. The van der Waals surface area contributed by atoms with Crippen molar-refractivity contribution in [1.82, 2.24) is 0 Å². The molecule has 3 aliphatic rings. The normalized spacial score (nSPS) is 13.7. The van der Waals surface area contributed by atoms with E-state index in [1.54, 1.807) is 0 Å². The highest BCUT2D eigenvalue weighted by molar-refractivity contribution is 6.03. The number of benzene rings is 13. The average Bonchev–Trinajstić information content (AvgIpc) is 0.688. The summed E-state index contributed by atoms with van der Waals surface area (Å²) in [5, 5.41) is 0. The van der Waals surface area contributed by atoms with Crippen molar-refractivity contribution in [2.45, 2.75) is 123 Å². The van der Waals surface area contributed by atoms with Gasteiger partial charge in [0.15, 0.2) is 0 Å². The van der Waals surface area contributed by atoms with Crippen molar-refractivity contribution in [2.75, 3.05) is 9.80 Å². The van der Waals surface area contributed by atoms with E-state index in [0.29, 0.717) is 0 Å². The van der Waals surface area contributed by atoms with E-state index < -0.39 is 0 Å². The van der Waals surface area contributed by atoms with E-state index in [4.69, 9.17) is 0 Å². The Kier molecular flexibility index (Phi) is 15.4. The zero-order valence-corrected chi connectivity index (χ0v) is 59.5. The van der Waals surface area contributed by atoms with Crippen molar-refractivity contribution in [2.24, 2.45) is 0 Å². The molecule has 0 spiro atoms. The maximum absolute atomic E-state index is 2.70. The van der Waals surface area contributed by atoms with Crippen LogP contribution in [0.15, 0.2) is 291 Å². The molecule has 2 aliphatic heterocycles. The molecule has 13 aromatic rings. The topological polar surface area (TPSA) is 6.48 Å². The first kappa shape index (κ1) is 63.2. The lowest BCUT2D eigenvalue weighted by molar-refractivity contribution is 0.590. The van der Waals surface area contributed by atoms with Gasteiger partial charge in [0.1, 0.15) is 0 Å². The summed E-state index contributed by atoms with van der Waals surface area (Å²) in [5.41, 5.74) is 36.8. The first-order valence-electron chi connectivity index (χ1n) is 35.7. The second-order valence-electron chi connectivity index (χ2n) is 32.1. The maximum atomic E-state index is 2.70.